The van der Waals surface area contributed by atoms with E-state index < -0.39 is 21.5 Å². The van der Waals surface area contributed by atoms with E-state index in [4.69, 9.17) is 4.74 Å². The molecule has 14 heteroatoms. The Morgan fingerprint density at radius 3 is 2.60 bits per heavy atom. The van der Waals surface area contributed by atoms with Crippen LogP contribution in [0.2, 0.25) is 0 Å². The number of piperidine rings is 1. The van der Waals surface area contributed by atoms with Crippen molar-refractivity contribution >= 4 is 32.5 Å². The highest BCUT2D eigenvalue weighted by Crippen LogP contribution is 2.42. The molecule has 2 aliphatic rings. The van der Waals surface area contributed by atoms with Crippen molar-refractivity contribution in [2.45, 2.75) is 77.4 Å². The molecule has 1 aliphatic heterocycles. The summed E-state index contributed by atoms with van der Waals surface area (Å²) < 4.78 is 70.3. The van der Waals surface area contributed by atoms with E-state index in [0.717, 1.165) is 36.3 Å². The zero-order valence-electron chi connectivity index (χ0n) is 20.0. The highest BCUT2D eigenvalue weighted by molar-refractivity contribution is 7.90. The molecule has 35 heavy (non-hydrogen) atoms. The van der Waals surface area contributed by atoms with Crippen molar-refractivity contribution in [3.63, 3.8) is 0 Å². The standard InChI is InChI=1S/C21H30F3N5O4S2/c1-5-9-33-19(30)18-26-27-20(34-18)25-15-10-13-7-8-14(6-2)29(12(3)4)17(13)11-16(15)28-35(31,32)21(22,23)24/h11-14,28H,5-10H2,1-4H3,(H,25,27). The zero-order chi connectivity index (χ0) is 26.0. The number of fused-ring (bicyclic) bond motifs is 1. The van der Waals surface area contributed by atoms with Gasteiger partial charge in [-0.25, -0.2) is 4.79 Å². The van der Waals surface area contributed by atoms with E-state index in [9.17, 15) is 26.4 Å². The zero-order valence-corrected chi connectivity index (χ0v) is 21.6. The van der Waals surface area contributed by atoms with Crippen LogP contribution in [0, 0.1) is 5.92 Å². The molecule has 1 saturated heterocycles. The largest absolute Gasteiger partial charge is 0.516 e. The predicted octanol–water partition coefficient (Wildman–Crippen LogP) is 4.35. The number of hydrogen-bond acceptors (Lipinski definition) is 9. The number of rotatable bonds is 9. The summed E-state index contributed by atoms with van der Waals surface area (Å²) in [6.45, 7) is 8.12. The molecule has 0 aromatic carbocycles. The van der Waals surface area contributed by atoms with Crippen molar-refractivity contribution in [2.75, 3.05) is 11.9 Å². The fraction of sp³-hybridized carbons (Fsp3) is 0.667. The number of nitrogens with zero attached hydrogens (tertiary/aromatic N) is 3. The lowest BCUT2D eigenvalue weighted by Crippen LogP contribution is -2.47. The summed E-state index contributed by atoms with van der Waals surface area (Å²) in [6.07, 6.45) is 4.98. The van der Waals surface area contributed by atoms with Crippen LogP contribution in [0.1, 0.15) is 69.6 Å². The van der Waals surface area contributed by atoms with E-state index in [1.165, 1.54) is 6.08 Å². The van der Waals surface area contributed by atoms with E-state index in [1.807, 2.05) is 20.8 Å². The topological polar surface area (TPSA) is 114 Å². The van der Waals surface area contributed by atoms with Gasteiger partial charge in [0, 0.05) is 29.4 Å². The Bertz CT molecular complexity index is 1100. The van der Waals surface area contributed by atoms with Crippen molar-refractivity contribution in [3.05, 3.63) is 28.2 Å². The summed E-state index contributed by atoms with van der Waals surface area (Å²) in [5.74, 6) is -0.663. The molecular weight excluding hydrogens is 507 g/mol. The molecule has 0 bridgehead atoms. The van der Waals surface area contributed by atoms with Crippen molar-refractivity contribution < 1.29 is 31.1 Å². The predicted molar refractivity (Wildman–Crippen MR) is 126 cm³/mol. The van der Waals surface area contributed by atoms with E-state index in [1.54, 1.807) is 4.72 Å². The van der Waals surface area contributed by atoms with Gasteiger partial charge in [0.1, 0.15) is 0 Å². The number of likely N-dealkylation sites (tertiary alicyclic amines) is 1. The highest BCUT2D eigenvalue weighted by atomic mass is 32.2. The van der Waals surface area contributed by atoms with Gasteiger partial charge in [0.05, 0.1) is 12.3 Å². The first-order valence-corrected chi connectivity index (χ1v) is 13.8. The number of carbonyl (C=O) groups is 1. The van der Waals surface area contributed by atoms with Crippen LogP contribution in [0.3, 0.4) is 0 Å². The molecule has 196 valence electrons. The third-order valence-corrected chi connectivity index (χ3v) is 7.81. The Morgan fingerprint density at radius 2 is 2.00 bits per heavy atom. The minimum absolute atomic E-state index is 0.0104. The summed E-state index contributed by atoms with van der Waals surface area (Å²) in [7, 11) is -5.65. The van der Waals surface area contributed by atoms with Crippen LogP contribution < -0.4 is 10.0 Å². The lowest BCUT2D eigenvalue weighted by atomic mass is 9.81. The van der Waals surface area contributed by atoms with E-state index in [-0.39, 0.29) is 52.6 Å². The second-order valence-electron chi connectivity index (χ2n) is 8.73. The number of nitrogens with one attached hydrogen (secondary N) is 2. The van der Waals surface area contributed by atoms with Crippen LogP contribution in [0.5, 0.6) is 0 Å². The number of halogens is 3. The normalized spacial score (nSPS) is 21.0. The maximum Gasteiger partial charge on any atom is 0.516 e. The highest BCUT2D eigenvalue weighted by Gasteiger charge is 2.47. The summed E-state index contributed by atoms with van der Waals surface area (Å²) >= 11 is 0.877. The summed E-state index contributed by atoms with van der Waals surface area (Å²) in [6, 6.07) is 0.302. The van der Waals surface area contributed by atoms with Crippen LogP contribution in [-0.2, 0) is 14.8 Å². The van der Waals surface area contributed by atoms with Gasteiger partial charge in [0.15, 0.2) is 0 Å². The van der Waals surface area contributed by atoms with Gasteiger partial charge in [-0.05, 0) is 52.0 Å². The molecule has 2 heterocycles. The average Bonchev–Trinajstić information content (AvgIpc) is 3.24. The number of hydrogen-bond donors (Lipinski definition) is 2. The first-order chi connectivity index (χ1) is 16.4. The van der Waals surface area contributed by atoms with E-state index in [2.05, 4.69) is 27.3 Å². The van der Waals surface area contributed by atoms with Gasteiger partial charge >= 0.3 is 21.5 Å². The number of aromatic nitrogens is 2. The Kier molecular flexibility index (Phi) is 8.35. The molecule has 2 N–H and O–H groups in total. The monoisotopic (exact) mass is 537 g/mol. The minimum Gasteiger partial charge on any atom is -0.460 e. The van der Waals surface area contributed by atoms with Crippen molar-refractivity contribution in [1.29, 1.82) is 0 Å². The summed E-state index contributed by atoms with van der Waals surface area (Å²) in [4.78, 5) is 14.2. The van der Waals surface area contributed by atoms with Crippen LogP contribution in [-0.4, -0.2) is 53.7 Å². The smallest absolute Gasteiger partial charge is 0.460 e. The third-order valence-electron chi connectivity index (χ3n) is 5.90. The van der Waals surface area contributed by atoms with Crippen LogP contribution in [0.15, 0.2) is 23.2 Å². The van der Waals surface area contributed by atoms with Crippen LogP contribution in [0.4, 0.5) is 18.3 Å². The Labute approximate surface area is 206 Å². The fourth-order valence-corrected chi connectivity index (χ4v) is 5.62. The van der Waals surface area contributed by atoms with Gasteiger partial charge in [-0.2, -0.15) is 21.6 Å². The average molecular weight is 538 g/mol. The molecule has 0 radical (unpaired) electrons. The number of alkyl halides is 3. The van der Waals surface area contributed by atoms with Gasteiger partial charge < -0.3 is 15.0 Å². The lowest BCUT2D eigenvalue weighted by molar-refractivity contribution is -0.0445. The van der Waals surface area contributed by atoms with Gasteiger partial charge in [0.2, 0.25) is 10.1 Å². The minimum atomic E-state index is -5.65. The first-order valence-electron chi connectivity index (χ1n) is 11.5. The molecule has 2 atom stereocenters. The van der Waals surface area contributed by atoms with Gasteiger partial charge in [-0.3, -0.25) is 4.72 Å². The Balaban J connectivity index is 1.99. The van der Waals surface area contributed by atoms with Gasteiger partial charge in [0.25, 0.3) is 0 Å². The maximum atomic E-state index is 13.2. The summed E-state index contributed by atoms with van der Waals surface area (Å²) in [5, 5.41) is 10.7. The second-order valence-corrected chi connectivity index (χ2v) is 11.4. The molecule has 1 aliphatic carbocycles. The molecule has 0 spiro atoms. The van der Waals surface area contributed by atoms with Crippen molar-refractivity contribution in [2.24, 2.45) is 5.92 Å². The Morgan fingerprint density at radius 1 is 1.29 bits per heavy atom. The SMILES string of the molecule is CCCOC(=O)c1nnc(NC2=C(NS(=O)(=O)C(F)(F)F)C=C3C(CCC(CC)N3C(C)C)C2)s1. The van der Waals surface area contributed by atoms with Crippen molar-refractivity contribution in [1.82, 2.24) is 19.8 Å². The molecule has 1 aromatic rings. The molecule has 9 nitrogen and oxygen atoms in total. The van der Waals surface area contributed by atoms with Gasteiger partial charge in [-0.15, -0.1) is 10.2 Å². The van der Waals surface area contributed by atoms with Gasteiger partial charge in [-0.1, -0.05) is 25.2 Å². The molecule has 2 unspecified atom stereocenters. The fourth-order valence-electron chi connectivity index (χ4n) is 4.37. The molecule has 0 amide bonds. The van der Waals surface area contributed by atoms with Crippen LogP contribution in [0.25, 0.3) is 0 Å². The quantitative estimate of drug-likeness (QED) is 0.447. The summed E-state index contributed by atoms with van der Waals surface area (Å²) in [5.41, 5.74) is -4.64. The Hall–Kier alpha value is -2.35. The van der Waals surface area contributed by atoms with Crippen LogP contribution >= 0.6 is 11.3 Å². The number of anilines is 1. The number of esters is 1. The third kappa shape index (κ3) is 6.08. The number of allylic oxidation sites excluding steroid dienone is 3. The lowest BCUT2D eigenvalue weighted by Gasteiger charge is -2.47. The second kappa shape index (κ2) is 10.7. The number of carbonyl (C=O) groups excluding carboxylic acids is 1. The maximum absolute atomic E-state index is 13.2. The molecule has 1 fully saturated rings. The number of sulfonamides is 1. The molecule has 0 saturated carbocycles. The number of ether oxygens (including phenoxy) is 1. The van der Waals surface area contributed by atoms with E-state index >= 15 is 0 Å². The molecule has 1 aromatic heterocycles. The first kappa shape index (κ1) is 27.2. The molecule has 3 rings (SSSR count). The van der Waals surface area contributed by atoms with Crippen molar-refractivity contribution in [3.8, 4) is 0 Å². The van der Waals surface area contributed by atoms with E-state index in [0.29, 0.717) is 6.42 Å². The molecular formula is C21H30F3N5O4S2.